The van der Waals surface area contributed by atoms with Crippen LogP contribution in [0.1, 0.15) is 19.1 Å². The smallest absolute Gasteiger partial charge is 0.386 e. The number of nitrogens with one attached hydrogen (secondary N) is 3. The van der Waals surface area contributed by atoms with Gasteiger partial charge in [0.15, 0.2) is 17.4 Å². The number of fused-ring (bicyclic) bond motifs is 4. The van der Waals surface area contributed by atoms with Crippen molar-refractivity contribution >= 4 is 60.5 Å². The van der Waals surface area contributed by atoms with Crippen LogP contribution < -0.4 is 22.2 Å². The van der Waals surface area contributed by atoms with Gasteiger partial charge in [-0.1, -0.05) is 12.2 Å². The van der Waals surface area contributed by atoms with Crippen LogP contribution in [0.5, 0.6) is 0 Å². The largest absolute Gasteiger partial charge is 0.387 e. The average molecular weight is 665 g/mol. The van der Waals surface area contributed by atoms with Gasteiger partial charge in [0, 0.05) is 18.0 Å². The van der Waals surface area contributed by atoms with E-state index in [1.165, 1.54) is 23.3 Å². The minimum absolute atomic E-state index is 0.0116. The van der Waals surface area contributed by atoms with Crippen molar-refractivity contribution in [3.8, 4) is 0 Å². The number of nitrogens with zero attached hydrogens (tertiary/aromatic N) is 4. The Labute approximate surface area is 246 Å². The number of nitrogens with two attached hydrogens (primary N) is 1. The number of aliphatic hydroxyl groups is 1. The number of ether oxygens (including phenoxy) is 1. The Morgan fingerprint density at radius 3 is 2.79 bits per heavy atom. The van der Waals surface area contributed by atoms with E-state index in [-0.39, 0.29) is 35.3 Å². The summed E-state index contributed by atoms with van der Waals surface area (Å²) in [6.45, 7) is -8.69. The van der Waals surface area contributed by atoms with E-state index in [2.05, 4.69) is 42.5 Å². The van der Waals surface area contributed by atoms with E-state index in [0.717, 1.165) is 0 Å². The molecular weight excluding hydrogens is 638 g/mol. The molecule has 1 aliphatic carbocycles. The SMILES string of the molecule is Nc1nc2c(ncn2[C@@H]2O[C@@H]3COP(O)(=S)O[C@H]4C[C@H](Nc5cc(=O)[nH]cn5)C[C@@H]4COP(=O)(S)O[C@@H]2[C@@H]3O)c(=O)[nH]1. The van der Waals surface area contributed by atoms with Gasteiger partial charge in [-0.2, -0.15) is 4.98 Å². The first-order valence-electron chi connectivity index (χ1n) is 12.6. The van der Waals surface area contributed by atoms with Gasteiger partial charge in [-0.15, -0.1) is 0 Å². The molecule has 0 amide bonds. The highest BCUT2D eigenvalue weighted by Gasteiger charge is 2.50. The number of rotatable bonds is 3. The summed E-state index contributed by atoms with van der Waals surface area (Å²) in [5, 5.41) is 14.2. The third kappa shape index (κ3) is 6.20. The second kappa shape index (κ2) is 11.4. The van der Waals surface area contributed by atoms with Gasteiger partial charge in [0.25, 0.3) is 11.1 Å². The Kier molecular flexibility index (Phi) is 8.07. The zero-order valence-electron chi connectivity index (χ0n) is 21.4. The van der Waals surface area contributed by atoms with Crippen LogP contribution in [-0.2, 0) is 39.2 Å². The highest BCUT2D eigenvalue weighted by molar-refractivity contribution is 8.44. The second-order valence-corrected chi connectivity index (χ2v) is 15.6. The number of nitrogen functional groups attached to an aromatic ring is 1. The van der Waals surface area contributed by atoms with E-state index in [1.54, 1.807) is 0 Å². The molecule has 3 aromatic heterocycles. The fourth-order valence-electron chi connectivity index (χ4n) is 5.23. The van der Waals surface area contributed by atoms with Gasteiger partial charge in [-0.3, -0.25) is 23.7 Å². The van der Waals surface area contributed by atoms with Gasteiger partial charge in [0.05, 0.1) is 32.0 Å². The van der Waals surface area contributed by atoms with Crippen molar-refractivity contribution in [1.29, 1.82) is 0 Å². The third-order valence-corrected chi connectivity index (χ3v) is 10.3. The summed E-state index contributed by atoms with van der Waals surface area (Å²) in [5.41, 5.74) is 4.70. The lowest BCUT2D eigenvalue weighted by Crippen LogP contribution is -2.35. The summed E-state index contributed by atoms with van der Waals surface area (Å²) >= 11 is 9.39. The number of hydrogen-bond acceptors (Lipinski definition) is 15. The molecule has 5 heterocycles. The lowest BCUT2D eigenvalue weighted by molar-refractivity contribution is -0.0502. The molecular formula is C20H26N8O10P2S2. The molecule has 1 saturated carbocycles. The van der Waals surface area contributed by atoms with E-state index >= 15 is 0 Å². The van der Waals surface area contributed by atoms with E-state index in [0.29, 0.717) is 18.7 Å². The molecule has 18 nitrogen and oxygen atoms in total. The molecule has 3 fully saturated rings. The highest BCUT2D eigenvalue weighted by Crippen LogP contribution is 2.58. The van der Waals surface area contributed by atoms with Crippen molar-refractivity contribution in [2.24, 2.45) is 5.92 Å². The Balaban J connectivity index is 1.27. The van der Waals surface area contributed by atoms with Crippen molar-refractivity contribution in [3.05, 3.63) is 39.4 Å². The summed E-state index contributed by atoms with van der Waals surface area (Å²) in [7, 11) is 0. The van der Waals surface area contributed by atoms with Crippen LogP contribution in [0.15, 0.2) is 28.3 Å². The first-order chi connectivity index (χ1) is 19.9. The molecule has 22 heteroatoms. The van der Waals surface area contributed by atoms with Crippen molar-refractivity contribution in [2.45, 2.75) is 49.5 Å². The molecule has 3 aliphatic rings. The topological polar surface area (TPSA) is 251 Å². The molecule has 3 aromatic rings. The quantitative estimate of drug-likeness (QED) is 0.144. The average Bonchev–Trinajstić information content (AvgIpc) is 3.57. The maximum absolute atomic E-state index is 13.4. The Morgan fingerprint density at radius 1 is 1.19 bits per heavy atom. The molecule has 0 aromatic carbocycles. The van der Waals surface area contributed by atoms with Crippen LogP contribution in [0, 0.1) is 5.92 Å². The minimum Gasteiger partial charge on any atom is -0.387 e. The third-order valence-electron chi connectivity index (χ3n) is 7.07. The lowest BCUT2D eigenvalue weighted by Gasteiger charge is -2.27. The second-order valence-electron chi connectivity index (χ2n) is 9.94. The first kappa shape index (κ1) is 29.8. The maximum Gasteiger partial charge on any atom is 0.386 e. The summed E-state index contributed by atoms with van der Waals surface area (Å²) in [5.74, 6) is -0.319. The van der Waals surface area contributed by atoms with E-state index in [4.69, 9.17) is 40.4 Å². The Hall–Kier alpha value is -2.22. The normalized spacial score (nSPS) is 37.5. The van der Waals surface area contributed by atoms with Crippen LogP contribution in [0.3, 0.4) is 0 Å². The molecule has 9 atom stereocenters. The monoisotopic (exact) mass is 664 g/mol. The van der Waals surface area contributed by atoms with Crippen LogP contribution in [0.25, 0.3) is 11.2 Å². The maximum atomic E-state index is 13.4. The lowest BCUT2D eigenvalue weighted by atomic mass is 10.1. The summed E-state index contributed by atoms with van der Waals surface area (Å²) in [4.78, 5) is 51.8. The van der Waals surface area contributed by atoms with Crippen molar-refractivity contribution < 1.29 is 37.4 Å². The number of thiol groups is 1. The van der Waals surface area contributed by atoms with Gasteiger partial charge in [-0.05, 0) is 24.6 Å². The number of anilines is 2. The summed E-state index contributed by atoms with van der Waals surface area (Å²) in [6.07, 6.45) is -2.78. The number of imidazole rings is 1. The molecule has 0 spiro atoms. The van der Waals surface area contributed by atoms with E-state index in [9.17, 15) is 24.2 Å². The molecule has 2 unspecified atom stereocenters. The fraction of sp³-hybridized carbons (Fsp3) is 0.550. The zero-order valence-corrected chi connectivity index (χ0v) is 24.9. The van der Waals surface area contributed by atoms with Crippen molar-refractivity contribution in [1.82, 2.24) is 29.5 Å². The van der Waals surface area contributed by atoms with Crippen LogP contribution in [-0.4, -0.2) is 83.2 Å². The van der Waals surface area contributed by atoms with Crippen molar-refractivity contribution in [2.75, 3.05) is 24.3 Å². The molecule has 42 heavy (non-hydrogen) atoms. The number of aromatic nitrogens is 6. The van der Waals surface area contributed by atoms with Gasteiger partial charge in [0.1, 0.15) is 24.1 Å². The predicted molar refractivity (Wildman–Crippen MR) is 152 cm³/mol. The van der Waals surface area contributed by atoms with Gasteiger partial charge in [-0.25, -0.2) is 14.5 Å². The highest BCUT2D eigenvalue weighted by atomic mass is 32.7. The van der Waals surface area contributed by atoms with Gasteiger partial charge >= 0.3 is 13.5 Å². The number of H-pyrrole nitrogens is 2. The van der Waals surface area contributed by atoms with Gasteiger partial charge < -0.3 is 44.3 Å². The number of hydrogen-bond donors (Lipinski definition) is 7. The Morgan fingerprint density at radius 2 is 2.00 bits per heavy atom. The van der Waals surface area contributed by atoms with E-state index < -0.39 is 62.2 Å². The zero-order chi connectivity index (χ0) is 29.8. The predicted octanol–water partition coefficient (Wildman–Crippen LogP) is 0.00600. The summed E-state index contributed by atoms with van der Waals surface area (Å²) < 4.78 is 43.4. The standard InChI is InChI=1S/C20H26N8O10P2S2/c21-20-26-17-14(18(31)27-20)24-7-28(17)19-16-15(30)11(36-19)5-35-39(32,41)37-10-2-9(25-12-3-13(29)23-6-22-12)1-8(10)4-34-40(33,42)38-16/h3,6-11,15-16,19,30H,1-2,4-5H2,(H,32,41)(H,33,42)(H3,21,26,27,31)(H2,22,23,25,29)/t8-,9-,10+,11-,15-,16-,19-,39?,40?/m1/s1. The molecule has 2 aliphatic heterocycles. The molecule has 0 radical (unpaired) electrons. The number of aromatic amines is 2. The van der Waals surface area contributed by atoms with E-state index in [1.807, 2.05) is 0 Å². The minimum atomic E-state index is -4.18. The van der Waals surface area contributed by atoms with Crippen LogP contribution in [0.2, 0.25) is 0 Å². The Bertz CT molecular complexity index is 1700. The van der Waals surface area contributed by atoms with Crippen molar-refractivity contribution in [3.63, 3.8) is 0 Å². The molecule has 2 saturated heterocycles. The molecule has 6 rings (SSSR count). The van der Waals surface area contributed by atoms with Crippen LogP contribution in [0.4, 0.5) is 11.8 Å². The molecule has 7 N–H and O–H groups in total. The molecule has 228 valence electrons. The fourth-order valence-corrected chi connectivity index (χ4v) is 8.25. The van der Waals surface area contributed by atoms with Crippen LogP contribution >= 0.6 is 25.8 Å². The molecule has 2 bridgehead atoms. The first-order valence-corrected chi connectivity index (χ1v) is 17.8. The number of aliphatic hydroxyl groups excluding tert-OH is 1. The summed E-state index contributed by atoms with van der Waals surface area (Å²) in [6, 6.07) is 1.02. The van der Waals surface area contributed by atoms with Gasteiger partial charge in [0.2, 0.25) is 5.95 Å².